The highest BCUT2D eigenvalue weighted by Gasteiger charge is 2.13. The van der Waals surface area contributed by atoms with Crippen LogP contribution in [0.1, 0.15) is 18.2 Å². The van der Waals surface area contributed by atoms with Gasteiger partial charge in [0.1, 0.15) is 5.82 Å². The number of nitrogens with one attached hydrogen (secondary N) is 1. The fraction of sp³-hybridized carbons (Fsp3) is 0.500. The monoisotopic (exact) mass is 355 g/mol. The summed E-state index contributed by atoms with van der Waals surface area (Å²) >= 11 is 0. The number of benzene rings is 1. The van der Waals surface area contributed by atoms with Gasteiger partial charge in [-0.15, -0.1) is 0 Å². The predicted octanol–water partition coefficient (Wildman–Crippen LogP) is 3.00. The van der Waals surface area contributed by atoms with Crippen LogP contribution < -0.4 is 10.2 Å². The van der Waals surface area contributed by atoms with Gasteiger partial charge in [0, 0.05) is 50.2 Å². The molecule has 6 heteroatoms. The van der Waals surface area contributed by atoms with Crippen LogP contribution in [0.4, 0.5) is 17.5 Å². The minimum atomic E-state index is 0.743. The summed E-state index contributed by atoms with van der Waals surface area (Å²) in [4.78, 5) is 14.0. The standard InChI is InChI=1S/C20H29N5O/c1-4-25(18-7-5-6-16(2)14-18)20-22-17(3)15-19(23-20)21-8-9-24-10-12-26-13-11-24/h5-7,14-15H,4,8-13H2,1-3H3,(H,21,22,23). The zero-order valence-electron chi connectivity index (χ0n) is 16.0. The van der Waals surface area contributed by atoms with Gasteiger partial charge in [-0.25, -0.2) is 4.98 Å². The van der Waals surface area contributed by atoms with Crippen LogP contribution in [0.25, 0.3) is 0 Å². The molecule has 26 heavy (non-hydrogen) atoms. The lowest BCUT2D eigenvalue weighted by atomic mass is 10.2. The van der Waals surface area contributed by atoms with Crippen molar-refractivity contribution in [2.24, 2.45) is 0 Å². The third-order valence-electron chi connectivity index (χ3n) is 4.55. The van der Waals surface area contributed by atoms with E-state index in [4.69, 9.17) is 9.72 Å². The van der Waals surface area contributed by atoms with E-state index < -0.39 is 0 Å². The molecule has 1 aromatic heterocycles. The molecule has 0 unspecified atom stereocenters. The smallest absolute Gasteiger partial charge is 0.232 e. The van der Waals surface area contributed by atoms with E-state index >= 15 is 0 Å². The van der Waals surface area contributed by atoms with Crippen molar-refractivity contribution in [2.45, 2.75) is 20.8 Å². The Labute approximate surface area is 156 Å². The molecule has 2 aromatic rings. The molecule has 6 nitrogen and oxygen atoms in total. The van der Waals surface area contributed by atoms with Gasteiger partial charge in [0.2, 0.25) is 5.95 Å². The predicted molar refractivity (Wildman–Crippen MR) is 106 cm³/mol. The quantitative estimate of drug-likeness (QED) is 0.824. The molecule has 0 saturated carbocycles. The molecule has 1 saturated heterocycles. The van der Waals surface area contributed by atoms with Crippen LogP contribution in [-0.2, 0) is 4.74 Å². The lowest BCUT2D eigenvalue weighted by molar-refractivity contribution is 0.0398. The van der Waals surface area contributed by atoms with Gasteiger partial charge in [0.15, 0.2) is 0 Å². The van der Waals surface area contributed by atoms with E-state index in [1.165, 1.54) is 5.56 Å². The Kier molecular flexibility index (Phi) is 6.41. The number of morpholine rings is 1. The van der Waals surface area contributed by atoms with Gasteiger partial charge < -0.3 is 15.0 Å². The van der Waals surface area contributed by atoms with Crippen LogP contribution in [0.15, 0.2) is 30.3 Å². The van der Waals surface area contributed by atoms with Crippen molar-refractivity contribution < 1.29 is 4.74 Å². The van der Waals surface area contributed by atoms with Crippen molar-refractivity contribution in [1.29, 1.82) is 0 Å². The lowest BCUT2D eigenvalue weighted by Gasteiger charge is -2.26. The molecular formula is C20H29N5O. The number of aryl methyl sites for hydroxylation is 2. The van der Waals surface area contributed by atoms with E-state index in [9.17, 15) is 0 Å². The first-order valence-corrected chi connectivity index (χ1v) is 9.39. The number of nitrogens with zero attached hydrogens (tertiary/aromatic N) is 4. The average molecular weight is 355 g/mol. The normalized spacial score (nSPS) is 15.0. The maximum absolute atomic E-state index is 5.40. The summed E-state index contributed by atoms with van der Waals surface area (Å²) in [5.74, 6) is 1.62. The van der Waals surface area contributed by atoms with E-state index in [1.54, 1.807) is 0 Å². The summed E-state index contributed by atoms with van der Waals surface area (Å²) < 4.78 is 5.40. The van der Waals surface area contributed by atoms with Crippen molar-refractivity contribution >= 4 is 17.5 Å². The van der Waals surface area contributed by atoms with E-state index in [1.807, 2.05) is 13.0 Å². The van der Waals surface area contributed by atoms with Gasteiger partial charge >= 0.3 is 0 Å². The molecular weight excluding hydrogens is 326 g/mol. The molecule has 1 aliphatic heterocycles. The topological polar surface area (TPSA) is 53.5 Å². The van der Waals surface area contributed by atoms with E-state index in [2.05, 4.69) is 58.2 Å². The number of hydrogen-bond donors (Lipinski definition) is 1. The van der Waals surface area contributed by atoms with Gasteiger partial charge in [-0.3, -0.25) is 4.90 Å². The van der Waals surface area contributed by atoms with Gasteiger partial charge in [0.05, 0.1) is 13.2 Å². The number of ether oxygens (including phenoxy) is 1. The molecule has 1 fully saturated rings. The van der Waals surface area contributed by atoms with E-state index in [0.29, 0.717) is 0 Å². The molecule has 2 heterocycles. The van der Waals surface area contributed by atoms with Crippen molar-refractivity contribution in [3.05, 3.63) is 41.6 Å². The third-order valence-corrected chi connectivity index (χ3v) is 4.55. The highest BCUT2D eigenvalue weighted by Crippen LogP contribution is 2.24. The van der Waals surface area contributed by atoms with Crippen LogP contribution in [0.3, 0.4) is 0 Å². The molecule has 0 radical (unpaired) electrons. The summed E-state index contributed by atoms with van der Waals surface area (Å²) in [5, 5.41) is 3.45. The van der Waals surface area contributed by atoms with Crippen LogP contribution in [0.2, 0.25) is 0 Å². The second-order valence-corrected chi connectivity index (χ2v) is 6.66. The molecule has 0 bridgehead atoms. The first kappa shape index (κ1) is 18.6. The molecule has 0 atom stereocenters. The Bertz CT molecular complexity index is 715. The van der Waals surface area contributed by atoms with Crippen LogP contribution in [0, 0.1) is 13.8 Å². The Morgan fingerprint density at radius 3 is 2.69 bits per heavy atom. The molecule has 140 valence electrons. The summed E-state index contributed by atoms with van der Waals surface area (Å²) in [5.41, 5.74) is 3.32. The summed E-state index contributed by atoms with van der Waals surface area (Å²) in [6, 6.07) is 10.5. The highest BCUT2D eigenvalue weighted by molar-refractivity contribution is 5.59. The van der Waals surface area contributed by atoms with Crippen LogP contribution >= 0.6 is 0 Å². The maximum atomic E-state index is 5.40. The number of anilines is 3. The van der Waals surface area contributed by atoms with E-state index in [-0.39, 0.29) is 0 Å². The van der Waals surface area contributed by atoms with Crippen molar-refractivity contribution in [2.75, 3.05) is 56.2 Å². The minimum Gasteiger partial charge on any atom is -0.379 e. The second kappa shape index (κ2) is 8.96. The van der Waals surface area contributed by atoms with Gasteiger partial charge in [-0.1, -0.05) is 12.1 Å². The molecule has 3 rings (SSSR count). The lowest BCUT2D eigenvalue weighted by Crippen LogP contribution is -2.39. The van der Waals surface area contributed by atoms with Crippen LogP contribution in [0.5, 0.6) is 0 Å². The largest absolute Gasteiger partial charge is 0.379 e. The summed E-state index contributed by atoms with van der Waals surface area (Å²) in [6.45, 7) is 12.6. The van der Waals surface area contributed by atoms with Gasteiger partial charge in [0.25, 0.3) is 0 Å². The highest BCUT2D eigenvalue weighted by atomic mass is 16.5. The fourth-order valence-electron chi connectivity index (χ4n) is 3.17. The fourth-order valence-corrected chi connectivity index (χ4v) is 3.17. The number of aromatic nitrogens is 2. The maximum Gasteiger partial charge on any atom is 0.232 e. The molecule has 1 N–H and O–H groups in total. The zero-order valence-corrected chi connectivity index (χ0v) is 16.0. The average Bonchev–Trinajstić information content (AvgIpc) is 2.63. The first-order valence-electron chi connectivity index (χ1n) is 9.39. The number of hydrogen-bond acceptors (Lipinski definition) is 6. The Balaban J connectivity index is 1.69. The van der Waals surface area contributed by atoms with Crippen molar-refractivity contribution in [3.8, 4) is 0 Å². The third kappa shape index (κ3) is 4.93. The zero-order chi connectivity index (χ0) is 18.4. The Morgan fingerprint density at radius 2 is 1.96 bits per heavy atom. The molecule has 1 aromatic carbocycles. The Morgan fingerprint density at radius 1 is 1.15 bits per heavy atom. The second-order valence-electron chi connectivity index (χ2n) is 6.66. The molecule has 1 aliphatic rings. The summed E-state index contributed by atoms with van der Waals surface area (Å²) in [7, 11) is 0. The van der Waals surface area contributed by atoms with Crippen molar-refractivity contribution in [3.63, 3.8) is 0 Å². The summed E-state index contributed by atoms with van der Waals surface area (Å²) in [6.07, 6.45) is 0. The van der Waals surface area contributed by atoms with Gasteiger partial charge in [-0.2, -0.15) is 4.98 Å². The first-order chi connectivity index (χ1) is 12.7. The van der Waals surface area contributed by atoms with Crippen LogP contribution in [-0.4, -0.2) is 60.8 Å². The SMILES string of the molecule is CCN(c1cccc(C)c1)c1nc(C)cc(NCCN2CCOCC2)n1. The minimum absolute atomic E-state index is 0.743. The Hall–Kier alpha value is -2.18. The molecule has 0 amide bonds. The molecule has 0 aliphatic carbocycles. The molecule has 0 spiro atoms. The number of rotatable bonds is 7. The van der Waals surface area contributed by atoms with Crippen molar-refractivity contribution in [1.82, 2.24) is 14.9 Å². The van der Waals surface area contributed by atoms with Gasteiger partial charge in [-0.05, 0) is 38.5 Å². The van der Waals surface area contributed by atoms with E-state index in [0.717, 1.165) is 69.1 Å².